The fourth-order valence-corrected chi connectivity index (χ4v) is 3.39. The molecule has 0 spiro atoms. The number of carbonyl (C=O) groups is 2. The normalized spacial score (nSPS) is 16.0. The van der Waals surface area contributed by atoms with Crippen LogP contribution in [0, 0.1) is 0 Å². The van der Waals surface area contributed by atoms with E-state index in [0.717, 1.165) is 18.7 Å². The lowest BCUT2D eigenvalue weighted by Crippen LogP contribution is -2.50. The Hall–Kier alpha value is -2.66. The van der Waals surface area contributed by atoms with Gasteiger partial charge in [0.2, 0.25) is 11.8 Å². The van der Waals surface area contributed by atoms with Crippen molar-refractivity contribution in [3.8, 4) is 11.1 Å². The number of nitrogens with one attached hydrogen (secondary N) is 1. The molecule has 0 saturated carbocycles. The van der Waals surface area contributed by atoms with Gasteiger partial charge in [0.05, 0.1) is 12.6 Å². The highest BCUT2D eigenvalue weighted by Gasteiger charge is 2.21. The highest BCUT2D eigenvalue weighted by atomic mass is 16.2. The second-order valence-corrected chi connectivity index (χ2v) is 7.06. The van der Waals surface area contributed by atoms with Crippen molar-refractivity contribution in [3.63, 3.8) is 0 Å². The Bertz CT molecular complexity index is 766. The van der Waals surface area contributed by atoms with E-state index < -0.39 is 0 Å². The Balaban J connectivity index is 1.50. The van der Waals surface area contributed by atoms with Crippen LogP contribution in [0.3, 0.4) is 0 Å². The summed E-state index contributed by atoms with van der Waals surface area (Å²) in [6.45, 7) is 6.84. The third kappa shape index (κ3) is 5.17. The number of amides is 2. The number of rotatable bonds is 5. The van der Waals surface area contributed by atoms with Gasteiger partial charge < -0.3 is 10.2 Å². The van der Waals surface area contributed by atoms with E-state index in [1.807, 2.05) is 30.0 Å². The lowest BCUT2D eigenvalue weighted by atomic mass is 10.0. The molecular formula is C22H27N3O2. The summed E-state index contributed by atoms with van der Waals surface area (Å²) in [6.07, 6.45) is 0. The fourth-order valence-electron chi connectivity index (χ4n) is 3.39. The molecule has 0 bridgehead atoms. The molecule has 1 saturated heterocycles. The molecule has 1 atom stereocenters. The van der Waals surface area contributed by atoms with Gasteiger partial charge in [-0.25, -0.2) is 0 Å². The molecule has 0 unspecified atom stereocenters. The first kappa shape index (κ1) is 19.1. The monoisotopic (exact) mass is 365 g/mol. The van der Waals surface area contributed by atoms with Crippen LogP contribution in [-0.4, -0.2) is 54.3 Å². The van der Waals surface area contributed by atoms with Gasteiger partial charge in [-0.05, 0) is 23.6 Å². The molecular weight excluding hydrogens is 338 g/mol. The average molecular weight is 365 g/mol. The second kappa shape index (κ2) is 8.82. The third-order valence-corrected chi connectivity index (χ3v) is 5.08. The zero-order valence-corrected chi connectivity index (χ0v) is 16.0. The highest BCUT2D eigenvalue weighted by Crippen LogP contribution is 2.21. The van der Waals surface area contributed by atoms with Gasteiger partial charge in [0.25, 0.3) is 0 Å². The van der Waals surface area contributed by atoms with Crippen LogP contribution in [0.1, 0.15) is 25.5 Å². The van der Waals surface area contributed by atoms with Gasteiger partial charge in [-0.1, -0.05) is 54.6 Å². The molecule has 1 heterocycles. The Labute approximate surface area is 161 Å². The van der Waals surface area contributed by atoms with E-state index in [4.69, 9.17) is 0 Å². The SMILES string of the molecule is CC(=O)N1CCN(CC(=O)N[C@@H](C)c2ccc(-c3ccccc3)cc2)CC1. The van der Waals surface area contributed by atoms with E-state index in [2.05, 4.69) is 46.6 Å². The summed E-state index contributed by atoms with van der Waals surface area (Å²) in [5.74, 6) is 0.123. The van der Waals surface area contributed by atoms with E-state index in [0.29, 0.717) is 19.6 Å². The van der Waals surface area contributed by atoms with Crippen molar-refractivity contribution in [1.29, 1.82) is 0 Å². The summed E-state index contributed by atoms with van der Waals surface area (Å²) in [6, 6.07) is 18.5. The molecule has 1 aliphatic rings. The van der Waals surface area contributed by atoms with Gasteiger partial charge in [0.1, 0.15) is 0 Å². The smallest absolute Gasteiger partial charge is 0.234 e. The predicted octanol–water partition coefficient (Wildman–Crippen LogP) is 2.69. The van der Waals surface area contributed by atoms with E-state index >= 15 is 0 Å². The highest BCUT2D eigenvalue weighted by molar-refractivity contribution is 5.78. The number of hydrogen-bond donors (Lipinski definition) is 1. The number of carbonyl (C=O) groups excluding carboxylic acids is 2. The van der Waals surface area contributed by atoms with E-state index in [-0.39, 0.29) is 17.9 Å². The fraction of sp³-hybridized carbons (Fsp3) is 0.364. The van der Waals surface area contributed by atoms with Crippen molar-refractivity contribution < 1.29 is 9.59 Å². The molecule has 2 aromatic carbocycles. The van der Waals surface area contributed by atoms with Crippen LogP contribution in [-0.2, 0) is 9.59 Å². The number of benzene rings is 2. The van der Waals surface area contributed by atoms with Crippen molar-refractivity contribution in [2.45, 2.75) is 19.9 Å². The van der Waals surface area contributed by atoms with Crippen LogP contribution in [0.2, 0.25) is 0 Å². The molecule has 1 aliphatic heterocycles. The number of piperazine rings is 1. The molecule has 1 N–H and O–H groups in total. The van der Waals surface area contributed by atoms with Crippen LogP contribution < -0.4 is 5.32 Å². The molecule has 27 heavy (non-hydrogen) atoms. The first-order chi connectivity index (χ1) is 13.0. The van der Waals surface area contributed by atoms with Gasteiger partial charge in [0, 0.05) is 33.1 Å². The van der Waals surface area contributed by atoms with E-state index in [1.165, 1.54) is 11.1 Å². The molecule has 5 nitrogen and oxygen atoms in total. The van der Waals surface area contributed by atoms with Crippen molar-refractivity contribution in [2.75, 3.05) is 32.7 Å². The predicted molar refractivity (Wildman–Crippen MR) is 107 cm³/mol. The van der Waals surface area contributed by atoms with Crippen LogP contribution in [0.15, 0.2) is 54.6 Å². The number of hydrogen-bond acceptors (Lipinski definition) is 3. The topological polar surface area (TPSA) is 52.7 Å². The Morgan fingerprint density at radius 1 is 0.926 bits per heavy atom. The van der Waals surface area contributed by atoms with Crippen molar-refractivity contribution in [2.24, 2.45) is 0 Å². The minimum atomic E-state index is -0.0409. The van der Waals surface area contributed by atoms with Crippen molar-refractivity contribution in [1.82, 2.24) is 15.1 Å². The molecule has 0 aliphatic carbocycles. The largest absolute Gasteiger partial charge is 0.348 e. The summed E-state index contributed by atoms with van der Waals surface area (Å²) in [5.41, 5.74) is 3.44. The maximum Gasteiger partial charge on any atom is 0.234 e. The Kier molecular flexibility index (Phi) is 6.24. The zero-order chi connectivity index (χ0) is 19.2. The van der Waals surface area contributed by atoms with E-state index in [1.54, 1.807) is 6.92 Å². The molecule has 0 radical (unpaired) electrons. The van der Waals surface area contributed by atoms with Crippen LogP contribution in [0.25, 0.3) is 11.1 Å². The Morgan fingerprint density at radius 3 is 2.11 bits per heavy atom. The van der Waals surface area contributed by atoms with Gasteiger partial charge in [-0.15, -0.1) is 0 Å². The van der Waals surface area contributed by atoms with E-state index in [9.17, 15) is 9.59 Å². The minimum Gasteiger partial charge on any atom is -0.348 e. The molecule has 0 aromatic heterocycles. The molecule has 2 amide bonds. The quantitative estimate of drug-likeness (QED) is 0.886. The first-order valence-corrected chi connectivity index (χ1v) is 9.45. The summed E-state index contributed by atoms with van der Waals surface area (Å²) in [4.78, 5) is 27.7. The van der Waals surface area contributed by atoms with Gasteiger partial charge >= 0.3 is 0 Å². The third-order valence-electron chi connectivity index (χ3n) is 5.08. The van der Waals surface area contributed by atoms with Crippen LogP contribution >= 0.6 is 0 Å². The van der Waals surface area contributed by atoms with Crippen LogP contribution in [0.4, 0.5) is 0 Å². The molecule has 1 fully saturated rings. The summed E-state index contributed by atoms with van der Waals surface area (Å²) in [5, 5.41) is 3.08. The summed E-state index contributed by atoms with van der Waals surface area (Å²) in [7, 11) is 0. The van der Waals surface area contributed by atoms with Crippen molar-refractivity contribution >= 4 is 11.8 Å². The van der Waals surface area contributed by atoms with Crippen LogP contribution in [0.5, 0.6) is 0 Å². The standard InChI is InChI=1S/C22H27N3O2/c1-17(19-8-10-21(11-9-19)20-6-4-3-5-7-20)23-22(27)16-24-12-14-25(15-13-24)18(2)26/h3-11,17H,12-16H2,1-2H3,(H,23,27)/t17-/m0/s1. The maximum absolute atomic E-state index is 12.4. The maximum atomic E-state index is 12.4. The zero-order valence-electron chi connectivity index (χ0n) is 16.0. The average Bonchev–Trinajstić information content (AvgIpc) is 2.69. The first-order valence-electron chi connectivity index (χ1n) is 9.45. The lowest BCUT2D eigenvalue weighted by Gasteiger charge is -2.33. The van der Waals surface area contributed by atoms with Gasteiger partial charge in [-0.3, -0.25) is 14.5 Å². The van der Waals surface area contributed by atoms with Crippen molar-refractivity contribution in [3.05, 3.63) is 60.2 Å². The Morgan fingerprint density at radius 2 is 1.52 bits per heavy atom. The minimum absolute atomic E-state index is 0.0194. The molecule has 2 aromatic rings. The summed E-state index contributed by atoms with van der Waals surface area (Å²) < 4.78 is 0. The molecule has 3 rings (SSSR count). The number of nitrogens with zero attached hydrogens (tertiary/aromatic N) is 2. The van der Waals surface area contributed by atoms with Gasteiger partial charge in [0.15, 0.2) is 0 Å². The summed E-state index contributed by atoms with van der Waals surface area (Å²) >= 11 is 0. The second-order valence-electron chi connectivity index (χ2n) is 7.06. The van der Waals surface area contributed by atoms with Gasteiger partial charge in [-0.2, -0.15) is 0 Å². The lowest BCUT2D eigenvalue weighted by molar-refractivity contribution is -0.131. The molecule has 5 heteroatoms. The molecule has 142 valence electrons.